The Labute approximate surface area is 180 Å². The molecule has 0 saturated heterocycles. The molecule has 0 aliphatic heterocycles. The molecule has 0 radical (unpaired) electrons. The molecule has 0 aliphatic rings. The fourth-order valence-corrected chi connectivity index (χ4v) is 4.12. The lowest BCUT2D eigenvalue weighted by Gasteiger charge is -2.07. The fourth-order valence-electron chi connectivity index (χ4n) is 3.05. The Kier molecular flexibility index (Phi) is 7.03. The third-order valence-electron chi connectivity index (χ3n) is 4.39. The van der Waals surface area contributed by atoms with Gasteiger partial charge in [0.2, 0.25) is 5.91 Å². The van der Waals surface area contributed by atoms with Gasteiger partial charge in [-0.3, -0.25) is 4.79 Å². The van der Waals surface area contributed by atoms with Crippen molar-refractivity contribution in [2.75, 3.05) is 19.0 Å². The third-order valence-corrected chi connectivity index (χ3v) is 5.41. The minimum Gasteiger partial charge on any atom is -0.494 e. The molecule has 0 spiro atoms. The highest BCUT2D eigenvalue weighted by Gasteiger charge is 2.24. The highest BCUT2D eigenvalue weighted by Crippen LogP contribution is 2.40. The van der Waals surface area contributed by atoms with E-state index < -0.39 is 5.97 Å². The summed E-state index contributed by atoms with van der Waals surface area (Å²) in [6, 6.07) is 17.0. The summed E-state index contributed by atoms with van der Waals surface area (Å²) >= 11 is 1.35. The fraction of sp³-hybridized carbons (Fsp3) is 0.167. The van der Waals surface area contributed by atoms with E-state index in [2.05, 4.69) is 5.32 Å². The molecule has 5 nitrogen and oxygen atoms in total. The first-order valence-corrected chi connectivity index (χ1v) is 10.3. The monoisotopic (exact) mass is 421 g/mol. The molecule has 1 heterocycles. The molecule has 30 heavy (non-hydrogen) atoms. The van der Waals surface area contributed by atoms with Crippen LogP contribution in [0, 0.1) is 6.92 Å². The van der Waals surface area contributed by atoms with Crippen LogP contribution in [-0.2, 0) is 9.53 Å². The average Bonchev–Trinajstić information content (AvgIpc) is 3.09. The molecule has 1 N–H and O–H groups in total. The molecule has 0 aliphatic carbocycles. The molecular weight excluding hydrogens is 398 g/mol. The van der Waals surface area contributed by atoms with Crippen LogP contribution < -0.4 is 10.1 Å². The van der Waals surface area contributed by atoms with Gasteiger partial charge in [-0.2, -0.15) is 0 Å². The van der Waals surface area contributed by atoms with Crippen LogP contribution in [0.5, 0.6) is 5.75 Å². The summed E-state index contributed by atoms with van der Waals surface area (Å²) in [4.78, 5) is 25.9. The molecule has 1 aromatic heterocycles. The number of carbonyl (C=O) groups is 2. The summed E-state index contributed by atoms with van der Waals surface area (Å²) in [5, 5.41) is 3.30. The Bertz CT molecular complexity index is 1050. The number of nitrogens with one attached hydrogen (secondary N) is 1. The van der Waals surface area contributed by atoms with Crippen molar-refractivity contribution in [3.63, 3.8) is 0 Å². The smallest absolute Gasteiger partial charge is 0.341 e. The zero-order valence-corrected chi connectivity index (χ0v) is 17.9. The zero-order chi connectivity index (χ0) is 21.5. The van der Waals surface area contributed by atoms with Crippen LogP contribution in [0.15, 0.2) is 60.7 Å². The van der Waals surface area contributed by atoms with Crippen molar-refractivity contribution in [1.82, 2.24) is 0 Å². The van der Waals surface area contributed by atoms with Crippen LogP contribution in [0.1, 0.15) is 27.7 Å². The van der Waals surface area contributed by atoms with Gasteiger partial charge < -0.3 is 14.8 Å². The summed E-state index contributed by atoms with van der Waals surface area (Å²) in [6.45, 7) is 4.45. The lowest BCUT2D eigenvalue weighted by molar-refractivity contribution is -0.111. The maximum absolute atomic E-state index is 12.5. The number of thiophene rings is 1. The molecule has 0 bridgehead atoms. The number of rotatable bonds is 7. The van der Waals surface area contributed by atoms with E-state index in [-0.39, 0.29) is 5.91 Å². The van der Waals surface area contributed by atoms with E-state index in [9.17, 15) is 9.59 Å². The predicted octanol–water partition coefficient (Wildman–Crippen LogP) is 5.56. The van der Waals surface area contributed by atoms with Gasteiger partial charge in [-0.25, -0.2) is 4.79 Å². The minimum absolute atomic E-state index is 0.324. The second-order valence-corrected chi connectivity index (χ2v) is 7.64. The first kappa shape index (κ1) is 21.3. The number of hydrogen-bond donors (Lipinski definition) is 1. The van der Waals surface area contributed by atoms with Gasteiger partial charge in [-0.1, -0.05) is 42.5 Å². The van der Waals surface area contributed by atoms with Crippen molar-refractivity contribution in [2.24, 2.45) is 0 Å². The number of anilines is 1. The van der Waals surface area contributed by atoms with E-state index in [4.69, 9.17) is 9.47 Å². The van der Waals surface area contributed by atoms with Crippen LogP contribution in [-0.4, -0.2) is 25.6 Å². The van der Waals surface area contributed by atoms with Crippen molar-refractivity contribution >= 4 is 34.3 Å². The first-order valence-electron chi connectivity index (χ1n) is 9.52. The van der Waals surface area contributed by atoms with Gasteiger partial charge >= 0.3 is 5.97 Å². The summed E-state index contributed by atoms with van der Waals surface area (Å²) in [5.74, 6) is -0.0248. The number of amides is 1. The highest BCUT2D eigenvalue weighted by atomic mass is 32.1. The maximum Gasteiger partial charge on any atom is 0.341 e. The number of hydrogen-bond acceptors (Lipinski definition) is 5. The van der Waals surface area contributed by atoms with E-state index >= 15 is 0 Å². The van der Waals surface area contributed by atoms with Crippen LogP contribution in [0.2, 0.25) is 0 Å². The van der Waals surface area contributed by atoms with Crippen LogP contribution in [0.25, 0.3) is 17.2 Å². The maximum atomic E-state index is 12.5. The zero-order valence-electron chi connectivity index (χ0n) is 17.1. The number of aryl methyl sites for hydroxylation is 1. The van der Waals surface area contributed by atoms with E-state index in [1.807, 2.05) is 68.4 Å². The lowest BCUT2D eigenvalue weighted by Crippen LogP contribution is -2.11. The second kappa shape index (κ2) is 9.89. The third kappa shape index (κ3) is 4.96. The van der Waals surface area contributed by atoms with Crippen molar-refractivity contribution in [3.8, 4) is 16.9 Å². The molecule has 3 aromatic rings. The first-order chi connectivity index (χ1) is 14.5. The summed E-state index contributed by atoms with van der Waals surface area (Å²) in [7, 11) is 1.33. The Morgan fingerprint density at radius 3 is 2.40 bits per heavy atom. The van der Waals surface area contributed by atoms with Crippen molar-refractivity contribution in [3.05, 3.63) is 76.7 Å². The lowest BCUT2D eigenvalue weighted by atomic mass is 10.0. The molecule has 2 aromatic carbocycles. The quantitative estimate of drug-likeness (QED) is 0.401. The van der Waals surface area contributed by atoms with Gasteiger partial charge in [-0.05, 0) is 43.2 Å². The SMILES string of the molecule is CCOc1ccc(/C=C/C(=O)Nc2sc(C)c(-c3ccccc3)c2C(=O)OC)cc1. The second-order valence-electron chi connectivity index (χ2n) is 6.42. The van der Waals surface area contributed by atoms with E-state index in [0.29, 0.717) is 17.2 Å². The summed E-state index contributed by atoms with van der Waals surface area (Å²) in [6.07, 6.45) is 3.15. The Balaban J connectivity index is 1.83. The van der Waals surface area contributed by atoms with Crippen LogP contribution >= 0.6 is 11.3 Å². The minimum atomic E-state index is -0.482. The largest absolute Gasteiger partial charge is 0.494 e. The molecule has 0 saturated carbocycles. The topological polar surface area (TPSA) is 64.6 Å². The number of ether oxygens (including phenoxy) is 2. The van der Waals surface area contributed by atoms with Crippen LogP contribution in [0.3, 0.4) is 0 Å². The number of carbonyl (C=O) groups excluding carboxylic acids is 2. The molecule has 0 fully saturated rings. The average molecular weight is 422 g/mol. The van der Waals surface area contributed by atoms with Gasteiger partial charge in [0.05, 0.1) is 13.7 Å². The van der Waals surface area contributed by atoms with Gasteiger partial charge in [0.25, 0.3) is 0 Å². The summed E-state index contributed by atoms with van der Waals surface area (Å²) < 4.78 is 10.4. The van der Waals surface area contributed by atoms with E-state index in [1.165, 1.54) is 24.5 Å². The standard InChI is InChI=1S/C24H23NO4S/c1-4-29-19-13-10-17(11-14-19)12-15-20(26)25-23-22(24(27)28-3)21(16(2)30-23)18-8-6-5-7-9-18/h5-15H,4H2,1-3H3,(H,25,26)/b15-12+. The summed E-state index contributed by atoms with van der Waals surface area (Å²) in [5.41, 5.74) is 2.92. The van der Waals surface area contributed by atoms with Gasteiger partial charge in [-0.15, -0.1) is 11.3 Å². The van der Waals surface area contributed by atoms with Crippen LogP contribution in [0.4, 0.5) is 5.00 Å². The van der Waals surface area contributed by atoms with Gasteiger partial charge in [0.15, 0.2) is 0 Å². The molecule has 6 heteroatoms. The normalized spacial score (nSPS) is 10.8. The molecule has 0 unspecified atom stereocenters. The predicted molar refractivity (Wildman–Crippen MR) is 121 cm³/mol. The number of esters is 1. The molecule has 0 atom stereocenters. The van der Waals surface area contributed by atoms with Crippen molar-refractivity contribution < 1.29 is 19.1 Å². The molecular formula is C24H23NO4S. The van der Waals surface area contributed by atoms with Crippen molar-refractivity contribution in [2.45, 2.75) is 13.8 Å². The number of benzene rings is 2. The Hall–Kier alpha value is -3.38. The van der Waals surface area contributed by atoms with Gasteiger partial charge in [0, 0.05) is 16.5 Å². The highest BCUT2D eigenvalue weighted by molar-refractivity contribution is 7.17. The number of methoxy groups -OCH3 is 1. The Morgan fingerprint density at radius 1 is 1.07 bits per heavy atom. The Morgan fingerprint density at radius 2 is 1.77 bits per heavy atom. The van der Waals surface area contributed by atoms with E-state index in [0.717, 1.165) is 27.3 Å². The van der Waals surface area contributed by atoms with Crippen molar-refractivity contribution in [1.29, 1.82) is 0 Å². The molecule has 3 rings (SSSR count). The van der Waals surface area contributed by atoms with E-state index in [1.54, 1.807) is 6.08 Å². The van der Waals surface area contributed by atoms with Gasteiger partial charge in [0.1, 0.15) is 16.3 Å². The molecule has 154 valence electrons. The molecule has 1 amide bonds.